The van der Waals surface area contributed by atoms with E-state index < -0.39 is 86.8 Å². The molecule has 2 rings (SSSR count). The van der Waals surface area contributed by atoms with Gasteiger partial charge in [0, 0.05) is 6.42 Å². The highest BCUT2D eigenvalue weighted by Gasteiger charge is 2.51. The molecule has 2 aliphatic rings. The number of ether oxygens (including phenoxy) is 4. The van der Waals surface area contributed by atoms with E-state index in [1.807, 2.05) is 0 Å². The van der Waals surface area contributed by atoms with Crippen molar-refractivity contribution in [3.8, 4) is 0 Å². The lowest BCUT2D eigenvalue weighted by atomic mass is 9.97. The van der Waals surface area contributed by atoms with Crippen LogP contribution in [0.4, 0.5) is 0 Å². The fourth-order valence-electron chi connectivity index (χ4n) is 9.86. The zero-order valence-corrected chi connectivity index (χ0v) is 47.5. The maximum Gasteiger partial charge on any atom is 0.220 e. The lowest BCUT2D eigenvalue weighted by molar-refractivity contribution is -0.359. The van der Waals surface area contributed by atoms with Crippen molar-refractivity contribution in [2.75, 3.05) is 19.8 Å². The summed E-state index contributed by atoms with van der Waals surface area (Å²) in [6.45, 7) is 2.72. The van der Waals surface area contributed by atoms with Gasteiger partial charge in [-0.2, -0.15) is 0 Å². The Labute approximate surface area is 460 Å². The Morgan fingerprint density at radius 1 is 0.487 bits per heavy atom. The Hall–Kier alpha value is -2.31. The Morgan fingerprint density at radius 3 is 1.34 bits per heavy atom. The molecule has 76 heavy (non-hydrogen) atoms. The second kappa shape index (κ2) is 47.5. The third-order valence-electron chi connectivity index (χ3n) is 14.7. The molecule has 2 heterocycles. The number of aliphatic hydroxyl groups excluding tert-OH is 8. The average molecular weight is 1080 g/mol. The molecule has 0 radical (unpaired) electrons. The smallest absolute Gasteiger partial charge is 0.220 e. The van der Waals surface area contributed by atoms with Crippen LogP contribution in [0.3, 0.4) is 0 Å². The number of carbonyl (C=O) groups excluding carboxylic acids is 1. The number of nitrogens with one attached hydrogen (secondary N) is 1. The Morgan fingerprint density at radius 2 is 0.895 bits per heavy atom. The molecular weight excluding hydrogens is 967 g/mol. The van der Waals surface area contributed by atoms with Crippen molar-refractivity contribution in [2.45, 2.75) is 306 Å². The molecule has 12 unspecified atom stereocenters. The third-order valence-corrected chi connectivity index (χ3v) is 14.7. The minimum atomic E-state index is -1.79. The molecule has 14 heteroatoms. The molecule has 0 aromatic heterocycles. The molecule has 2 saturated heterocycles. The molecular formula is C62H111NO13. The summed E-state index contributed by atoms with van der Waals surface area (Å²) in [6.07, 6.45) is 43.8. The number of rotatable bonds is 48. The molecule has 442 valence electrons. The minimum absolute atomic E-state index is 0.224. The van der Waals surface area contributed by atoms with Crippen molar-refractivity contribution >= 4 is 5.91 Å². The van der Waals surface area contributed by atoms with Crippen LogP contribution < -0.4 is 5.32 Å². The molecule has 2 aliphatic heterocycles. The molecule has 0 aliphatic carbocycles. The topological polar surface area (TPSA) is 228 Å². The lowest BCUT2D eigenvalue weighted by Crippen LogP contribution is -2.65. The number of hydrogen-bond donors (Lipinski definition) is 9. The summed E-state index contributed by atoms with van der Waals surface area (Å²) in [6, 6.07) is -0.862. The van der Waals surface area contributed by atoms with Crippen LogP contribution in [-0.2, 0) is 23.7 Å². The number of hydrogen-bond acceptors (Lipinski definition) is 13. The van der Waals surface area contributed by atoms with E-state index in [1.165, 1.54) is 135 Å². The van der Waals surface area contributed by atoms with Gasteiger partial charge in [0.15, 0.2) is 12.6 Å². The van der Waals surface area contributed by atoms with Crippen molar-refractivity contribution in [1.82, 2.24) is 5.32 Å². The largest absolute Gasteiger partial charge is 0.394 e. The van der Waals surface area contributed by atoms with E-state index in [9.17, 15) is 45.6 Å². The first kappa shape index (κ1) is 69.8. The summed E-state index contributed by atoms with van der Waals surface area (Å²) >= 11 is 0. The molecule has 1 amide bonds. The van der Waals surface area contributed by atoms with Gasteiger partial charge >= 0.3 is 0 Å². The summed E-state index contributed by atoms with van der Waals surface area (Å²) in [7, 11) is 0. The van der Waals surface area contributed by atoms with Crippen LogP contribution in [0.15, 0.2) is 60.8 Å². The van der Waals surface area contributed by atoms with Crippen LogP contribution in [0, 0.1) is 0 Å². The highest BCUT2D eigenvalue weighted by Crippen LogP contribution is 2.30. The second-order valence-electron chi connectivity index (χ2n) is 21.5. The van der Waals surface area contributed by atoms with E-state index in [-0.39, 0.29) is 18.9 Å². The molecule has 0 spiro atoms. The zero-order valence-electron chi connectivity index (χ0n) is 47.5. The van der Waals surface area contributed by atoms with Gasteiger partial charge in [-0.25, -0.2) is 0 Å². The highest BCUT2D eigenvalue weighted by molar-refractivity contribution is 5.76. The summed E-state index contributed by atoms with van der Waals surface area (Å²) < 4.78 is 22.8. The summed E-state index contributed by atoms with van der Waals surface area (Å²) in [4.78, 5) is 13.2. The third kappa shape index (κ3) is 32.7. The summed E-state index contributed by atoms with van der Waals surface area (Å²) in [5.41, 5.74) is 0. The van der Waals surface area contributed by atoms with E-state index >= 15 is 0 Å². The van der Waals surface area contributed by atoms with Crippen molar-refractivity contribution in [3.05, 3.63) is 60.8 Å². The SMILES string of the molecule is CC/C=C\C/C=C\C/C=C\C/C=C\C/C=C\CCCC(=O)NC(COC1OC(CO)C(OC2OC(CO)C(O)C(O)C2O)C(O)C1O)C(O)CCCCCCCCCCCCCCCCCCCCCCCCCCC. The van der Waals surface area contributed by atoms with Crippen molar-refractivity contribution < 1.29 is 64.6 Å². The first-order valence-corrected chi connectivity index (χ1v) is 30.5. The predicted molar refractivity (Wildman–Crippen MR) is 304 cm³/mol. The van der Waals surface area contributed by atoms with E-state index in [0.29, 0.717) is 19.3 Å². The Kier molecular flexibility index (Phi) is 43.6. The molecule has 0 aromatic rings. The number of aliphatic hydroxyl groups is 8. The minimum Gasteiger partial charge on any atom is -0.394 e. The van der Waals surface area contributed by atoms with Gasteiger partial charge in [0.2, 0.25) is 5.91 Å². The van der Waals surface area contributed by atoms with Crippen LogP contribution in [-0.4, -0.2) is 140 Å². The van der Waals surface area contributed by atoms with Gasteiger partial charge in [0.25, 0.3) is 0 Å². The van der Waals surface area contributed by atoms with Crippen LogP contribution in [0.2, 0.25) is 0 Å². The maximum atomic E-state index is 13.2. The molecule has 2 fully saturated rings. The van der Waals surface area contributed by atoms with Gasteiger partial charge in [-0.1, -0.05) is 235 Å². The first-order valence-electron chi connectivity index (χ1n) is 30.5. The second-order valence-corrected chi connectivity index (χ2v) is 21.5. The van der Waals surface area contributed by atoms with Crippen LogP contribution in [0.5, 0.6) is 0 Å². The quantitative estimate of drug-likeness (QED) is 0.0204. The van der Waals surface area contributed by atoms with Crippen molar-refractivity contribution in [1.29, 1.82) is 0 Å². The molecule has 14 nitrogen and oxygen atoms in total. The maximum absolute atomic E-state index is 13.2. The fraction of sp³-hybridized carbons (Fsp3) is 0.823. The lowest BCUT2D eigenvalue weighted by Gasteiger charge is -2.46. The summed E-state index contributed by atoms with van der Waals surface area (Å²) in [5, 5.41) is 87.2. The van der Waals surface area contributed by atoms with Gasteiger partial charge in [-0.15, -0.1) is 0 Å². The van der Waals surface area contributed by atoms with Gasteiger partial charge in [0.05, 0.1) is 32.0 Å². The van der Waals surface area contributed by atoms with E-state index in [0.717, 1.165) is 57.8 Å². The number of carbonyl (C=O) groups is 1. The standard InChI is InChI=1S/C62H111NO13/c1-3-5-7-9-11-13-15-17-19-21-22-23-24-25-26-27-28-30-31-33-35-37-39-41-43-45-51(66)50(63-54(67)46-44-42-40-38-36-34-32-29-20-18-16-14-12-10-8-6-4-2)49-73-61-59(72)57(70)60(53(48-65)75-61)76-62-58(71)56(69)55(68)52(47-64)74-62/h6,8,12,14,18,20,32,34,38,40,50-53,55-62,64-66,68-72H,3-5,7,9-11,13,15-17,19,21-31,33,35-37,39,41-49H2,1-2H3,(H,63,67)/b8-6-,14-12-,20-18-,34-32-,40-38-. The van der Waals surface area contributed by atoms with Crippen LogP contribution in [0.25, 0.3) is 0 Å². The fourth-order valence-corrected chi connectivity index (χ4v) is 9.86. The number of unbranched alkanes of at least 4 members (excludes halogenated alkanes) is 25. The van der Waals surface area contributed by atoms with Crippen molar-refractivity contribution in [3.63, 3.8) is 0 Å². The van der Waals surface area contributed by atoms with Gasteiger partial charge < -0.3 is 65.1 Å². The van der Waals surface area contributed by atoms with Crippen LogP contribution in [0.1, 0.15) is 232 Å². The van der Waals surface area contributed by atoms with Gasteiger partial charge in [-0.05, 0) is 51.4 Å². The Balaban J connectivity index is 1.75. The molecule has 12 atom stereocenters. The summed E-state index contributed by atoms with van der Waals surface area (Å²) in [5.74, 6) is -0.263. The molecule has 0 aromatic carbocycles. The monoisotopic (exact) mass is 1080 g/mol. The predicted octanol–water partition coefficient (Wildman–Crippen LogP) is 10.6. The van der Waals surface area contributed by atoms with Gasteiger partial charge in [0.1, 0.15) is 48.8 Å². The van der Waals surface area contributed by atoms with Crippen molar-refractivity contribution in [2.24, 2.45) is 0 Å². The van der Waals surface area contributed by atoms with E-state index in [4.69, 9.17) is 18.9 Å². The normalized spacial score (nSPS) is 25.3. The van der Waals surface area contributed by atoms with E-state index in [2.05, 4.69) is 79.9 Å². The van der Waals surface area contributed by atoms with Crippen LogP contribution >= 0.6 is 0 Å². The number of amides is 1. The highest BCUT2D eigenvalue weighted by atomic mass is 16.7. The van der Waals surface area contributed by atoms with E-state index in [1.54, 1.807) is 0 Å². The first-order chi connectivity index (χ1) is 37.1. The zero-order chi connectivity index (χ0) is 55.3. The molecule has 0 saturated carbocycles. The molecule has 9 N–H and O–H groups in total. The Bertz CT molecular complexity index is 1510. The number of allylic oxidation sites excluding steroid dienone is 10. The van der Waals surface area contributed by atoms with Gasteiger partial charge in [-0.3, -0.25) is 4.79 Å². The average Bonchev–Trinajstić information content (AvgIpc) is 3.42. The molecule has 0 bridgehead atoms.